The Bertz CT molecular complexity index is 1230. The molecule has 192 valence electrons. The first-order valence-corrected chi connectivity index (χ1v) is 13.4. The summed E-state index contributed by atoms with van der Waals surface area (Å²) in [7, 11) is -4.04. The van der Waals surface area contributed by atoms with E-state index in [-0.39, 0.29) is 49.2 Å². The maximum absolute atomic E-state index is 13.5. The van der Waals surface area contributed by atoms with Crippen LogP contribution in [0.1, 0.15) is 24.5 Å². The summed E-state index contributed by atoms with van der Waals surface area (Å²) in [6.07, 6.45) is 0.492. The molecule has 2 aliphatic rings. The van der Waals surface area contributed by atoms with Crippen LogP contribution < -0.4 is 10.0 Å². The molecule has 36 heavy (non-hydrogen) atoms. The number of benzene rings is 2. The lowest BCUT2D eigenvalue weighted by atomic mass is 10.0. The Morgan fingerprint density at radius 1 is 1.03 bits per heavy atom. The highest BCUT2D eigenvalue weighted by molar-refractivity contribution is 7.89. The molecule has 0 aliphatic carbocycles. The molecule has 4 rings (SSSR count). The molecule has 2 aromatic carbocycles. The standard InChI is InChI=1S/C25H30N4O6S/c1-2-35-25(32)29-14-12-28(13-15-29)24(31)22(16-18-6-4-3-5-7-18)27-36(33,34)20-9-10-21-19(17-20)8-11-23(30)26-21/h3-7,9-10,17,22,27H,2,8,11-16H2,1H3,(H,26,30)/t22-/m0/s1. The number of nitrogens with zero attached hydrogens (tertiary/aromatic N) is 2. The third-order valence-electron chi connectivity index (χ3n) is 6.28. The molecular weight excluding hydrogens is 484 g/mol. The molecule has 2 N–H and O–H groups in total. The quantitative estimate of drug-likeness (QED) is 0.580. The number of hydrogen-bond donors (Lipinski definition) is 2. The number of anilines is 1. The van der Waals surface area contributed by atoms with Crippen LogP contribution in [-0.4, -0.2) is 75.0 Å². The van der Waals surface area contributed by atoms with E-state index in [4.69, 9.17) is 4.74 Å². The Balaban J connectivity index is 1.52. The number of carbonyl (C=O) groups excluding carboxylic acids is 3. The number of fused-ring (bicyclic) bond motifs is 1. The minimum absolute atomic E-state index is 0.0374. The van der Waals surface area contributed by atoms with Gasteiger partial charge in [0.1, 0.15) is 6.04 Å². The first kappa shape index (κ1) is 25.6. The summed E-state index contributed by atoms with van der Waals surface area (Å²) >= 11 is 0. The Hall–Kier alpha value is -3.44. The van der Waals surface area contributed by atoms with Gasteiger partial charge in [0.15, 0.2) is 0 Å². The highest BCUT2D eigenvalue weighted by Gasteiger charge is 2.33. The molecule has 0 saturated carbocycles. The average Bonchev–Trinajstić information content (AvgIpc) is 2.88. The van der Waals surface area contributed by atoms with Gasteiger partial charge in [-0.15, -0.1) is 0 Å². The van der Waals surface area contributed by atoms with E-state index in [9.17, 15) is 22.8 Å². The second kappa shape index (κ2) is 11.1. The van der Waals surface area contributed by atoms with Gasteiger partial charge in [-0.25, -0.2) is 13.2 Å². The largest absolute Gasteiger partial charge is 0.450 e. The molecule has 0 radical (unpaired) electrons. The van der Waals surface area contributed by atoms with Gasteiger partial charge < -0.3 is 19.9 Å². The third-order valence-corrected chi connectivity index (χ3v) is 7.75. The molecule has 1 atom stereocenters. The first-order chi connectivity index (χ1) is 17.3. The predicted molar refractivity (Wildman–Crippen MR) is 133 cm³/mol. The summed E-state index contributed by atoms with van der Waals surface area (Å²) in [6.45, 7) is 3.19. The van der Waals surface area contributed by atoms with Crippen molar-refractivity contribution in [2.45, 2.75) is 37.1 Å². The highest BCUT2D eigenvalue weighted by atomic mass is 32.2. The predicted octanol–water partition coefficient (Wildman–Crippen LogP) is 1.76. The van der Waals surface area contributed by atoms with Gasteiger partial charge in [-0.1, -0.05) is 30.3 Å². The topological polar surface area (TPSA) is 125 Å². The maximum Gasteiger partial charge on any atom is 0.409 e. The molecule has 10 nitrogen and oxygen atoms in total. The summed E-state index contributed by atoms with van der Waals surface area (Å²) in [5.41, 5.74) is 2.15. The summed E-state index contributed by atoms with van der Waals surface area (Å²) in [5, 5.41) is 2.74. The van der Waals surface area contributed by atoms with Crippen LogP contribution in [0.4, 0.5) is 10.5 Å². The van der Waals surface area contributed by atoms with Gasteiger partial charge in [-0.3, -0.25) is 9.59 Å². The molecule has 0 spiro atoms. The van der Waals surface area contributed by atoms with Crippen molar-refractivity contribution in [2.75, 3.05) is 38.1 Å². The lowest BCUT2D eigenvalue weighted by Crippen LogP contribution is -2.56. The SMILES string of the molecule is CCOC(=O)N1CCN(C(=O)[C@H](Cc2ccccc2)NS(=O)(=O)c2ccc3c(c2)CCC(=O)N3)CC1. The number of aryl methyl sites for hydroxylation is 1. The molecule has 2 aromatic rings. The minimum Gasteiger partial charge on any atom is -0.450 e. The molecule has 0 bridgehead atoms. The smallest absolute Gasteiger partial charge is 0.409 e. The van der Waals surface area contributed by atoms with Crippen LogP contribution in [0.15, 0.2) is 53.4 Å². The molecule has 0 unspecified atom stereocenters. The van der Waals surface area contributed by atoms with Crippen molar-refractivity contribution < 1.29 is 27.5 Å². The van der Waals surface area contributed by atoms with Crippen molar-refractivity contribution in [2.24, 2.45) is 0 Å². The zero-order valence-corrected chi connectivity index (χ0v) is 20.9. The molecule has 2 heterocycles. The van der Waals surface area contributed by atoms with E-state index in [2.05, 4.69) is 10.0 Å². The zero-order chi connectivity index (χ0) is 25.7. The van der Waals surface area contributed by atoms with Crippen LogP contribution >= 0.6 is 0 Å². The summed E-state index contributed by atoms with van der Waals surface area (Å²) in [6, 6.07) is 12.7. The van der Waals surface area contributed by atoms with Gasteiger partial charge in [0, 0.05) is 38.3 Å². The Kier molecular flexibility index (Phi) is 7.90. The average molecular weight is 515 g/mol. The van der Waals surface area contributed by atoms with Crippen LogP contribution in [0.3, 0.4) is 0 Å². The van der Waals surface area contributed by atoms with E-state index in [1.165, 1.54) is 11.0 Å². The van der Waals surface area contributed by atoms with Crippen molar-refractivity contribution in [3.63, 3.8) is 0 Å². The van der Waals surface area contributed by atoms with Crippen molar-refractivity contribution >= 4 is 33.6 Å². The van der Waals surface area contributed by atoms with E-state index >= 15 is 0 Å². The Labute approximate surface area is 210 Å². The molecule has 1 fully saturated rings. The number of carbonyl (C=O) groups is 3. The number of sulfonamides is 1. The molecule has 3 amide bonds. The van der Waals surface area contributed by atoms with Gasteiger partial charge in [0.2, 0.25) is 21.8 Å². The van der Waals surface area contributed by atoms with Crippen molar-refractivity contribution in [1.82, 2.24) is 14.5 Å². The van der Waals surface area contributed by atoms with E-state index in [0.717, 1.165) is 11.1 Å². The lowest BCUT2D eigenvalue weighted by molar-refractivity contribution is -0.134. The van der Waals surface area contributed by atoms with Crippen molar-refractivity contribution in [3.05, 3.63) is 59.7 Å². The van der Waals surface area contributed by atoms with Gasteiger partial charge >= 0.3 is 6.09 Å². The maximum atomic E-state index is 13.5. The van der Waals surface area contributed by atoms with Gasteiger partial charge in [0.25, 0.3) is 0 Å². The molecule has 0 aromatic heterocycles. The fourth-order valence-corrected chi connectivity index (χ4v) is 5.60. The number of piperazine rings is 1. The minimum atomic E-state index is -4.04. The summed E-state index contributed by atoms with van der Waals surface area (Å²) < 4.78 is 34.3. The zero-order valence-electron chi connectivity index (χ0n) is 20.1. The normalized spacial score (nSPS) is 16.6. The van der Waals surface area contributed by atoms with Gasteiger partial charge in [0.05, 0.1) is 11.5 Å². The lowest BCUT2D eigenvalue weighted by Gasteiger charge is -2.36. The second-order valence-corrected chi connectivity index (χ2v) is 10.5. The number of hydrogen-bond acceptors (Lipinski definition) is 6. The van der Waals surface area contributed by atoms with Crippen LogP contribution in [-0.2, 0) is 37.2 Å². The number of amides is 3. The van der Waals surface area contributed by atoms with Crippen LogP contribution in [0.5, 0.6) is 0 Å². The van der Waals surface area contributed by atoms with Crippen LogP contribution in [0.25, 0.3) is 0 Å². The number of ether oxygens (including phenoxy) is 1. The Morgan fingerprint density at radius 2 is 1.72 bits per heavy atom. The van der Waals surface area contributed by atoms with E-state index < -0.39 is 22.2 Å². The third kappa shape index (κ3) is 6.03. The molecule has 11 heteroatoms. The van der Waals surface area contributed by atoms with Gasteiger partial charge in [-0.05, 0) is 49.1 Å². The second-order valence-electron chi connectivity index (χ2n) is 8.74. The van der Waals surface area contributed by atoms with E-state index in [1.807, 2.05) is 30.3 Å². The number of nitrogens with one attached hydrogen (secondary N) is 2. The fraction of sp³-hybridized carbons (Fsp3) is 0.400. The fourth-order valence-electron chi connectivity index (χ4n) is 4.36. The first-order valence-electron chi connectivity index (χ1n) is 12.0. The van der Waals surface area contributed by atoms with Crippen LogP contribution in [0.2, 0.25) is 0 Å². The summed E-state index contributed by atoms with van der Waals surface area (Å²) in [4.78, 5) is 40.3. The van der Waals surface area contributed by atoms with E-state index in [0.29, 0.717) is 25.2 Å². The van der Waals surface area contributed by atoms with Gasteiger partial charge in [-0.2, -0.15) is 4.72 Å². The highest BCUT2D eigenvalue weighted by Crippen LogP contribution is 2.26. The van der Waals surface area contributed by atoms with Crippen molar-refractivity contribution in [1.29, 1.82) is 0 Å². The van der Waals surface area contributed by atoms with Crippen LogP contribution in [0, 0.1) is 0 Å². The molecule has 1 saturated heterocycles. The monoisotopic (exact) mass is 514 g/mol. The molecule has 2 aliphatic heterocycles. The number of rotatable bonds is 7. The molecular formula is C25H30N4O6S. The Morgan fingerprint density at radius 3 is 2.42 bits per heavy atom. The van der Waals surface area contributed by atoms with E-state index in [1.54, 1.807) is 24.0 Å². The van der Waals surface area contributed by atoms with Crippen molar-refractivity contribution in [3.8, 4) is 0 Å². The summed E-state index contributed by atoms with van der Waals surface area (Å²) in [5.74, 6) is -0.455.